The molecule has 2 aromatic rings. The number of ketones is 2. The van der Waals surface area contributed by atoms with E-state index in [1.54, 1.807) is 45.2 Å². The van der Waals surface area contributed by atoms with Crippen LogP contribution < -0.4 is 4.74 Å². The van der Waals surface area contributed by atoms with Gasteiger partial charge in [-0.25, -0.2) is 9.78 Å². The number of rotatable bonds is 6. The number of benzene rings is 1. The van der Waals surface area contributed by atoms with Crippen LogP contribution in [0.15, 0.2) is 29.3 Å². The molecule has 1 aromatic heterocycles. The fraction of sp³-hybridized carbons (Fsp3) is 0.318. The first kappa shape index (κ1) is 21.7. The van der Waals surface area contributed by atoms with Gasteiger partial charge in [0.25, 0.3) is 0 Å². The van der Waals surface area contributed by atoms with E-state index in [1.165, 1.54) is 13.8 Å². The van der Waals surface area contributed by atoms with E-state index >= 15 is 0 Å². The maximum absolute atomic E-state index is 12.8. The lowest BCUT2D eigenvalue weighted by Crippen LogP contribution is -2.48. The van der Waals surface area contributed by atoms with Gasteiger partial charge < -0.3 is 14.9 Å². The number of hydrogen-bond acceptors (Lipinski definition) is 8. The summed E-state index contributed by atoms with van der Waals surface area (Å²) in [5.74, 6) is -0.896. The van der Waals surface area contributed by atoms with E-state index in [-0.39, 0.29) is 18.1 Å². The van der Waals surface area contributed by atoms with Gasteiger partial charge in [0, 0.05) is 16.7 Å². The molecule has 0 saturated heterocycles. The fourth-order valence-corrected chi connectivity index (χ4v) is 4.87. The monoisotopic (exact) mass is 426 g/mol. The molecule has 2 heterocycles. The molecular weight excluding hydrogens is 404 g/mol. The number of esters is 1. The lowest BCUT2D eigenvalue weighted by Gasteiger charge is -2.22. The molecule has 0 saturated carbocycles. The van der Waals surface area contributed by atoms with Crippen molar-refractivity contribution in [2.24, 2.45) is 0 Å². The lowest BCUT2D eigenvalue weighted by atomic mass is 9.85. The molecule has 0 radical (unpaired) electrons. The minimum absolute atomic E-state index is 0.0779. The highest BCUT2D eigenvalue weighted by atomic mass is 32.2. The summed E-state index contributed by atoms with van der Waals surface area (Å²) in [5, 5.41) is 9.19. The summed E-state index contributed by atoms with van der Waals surface area (Å²) < 4.78 is 8.52. The third-order valence-electron chi connectivity index (χ3n) is 4.99. The number of fused-ring (bicyclic) bond motifs is 1. The number of aromatic nitrogens is 1. The number of hydrogen-bond donors (Lipinski definition) is 1. The third-order valence-corrected chi connectivity index (χ3v) is 6.44. The third kappa shape index (κ3) is 3.21. The molecular formula is C22H22N2O5S. The van der Waals surface area contributed by atoms with Gasteiger partial charge in [-0.2, -0.15) is 0 Å². The summed E-state index contributed by atoms with van der Waals surface area (Å²) in [4.78, 5) is 42.4. The number of pyridine rings is 1. The Bertz CT molecular complexity index is 1080. The van der Waals surface area contributed by atoms with Gasteiger partial charge in [-0.1, -0.05) is 23.9 Å². The molecule has 0 amide bonds. The van der Waals surface area contributed by atoms with Crippen LogP contribution in [0.25, 0.3) is 11.1 Å². The SMILES string of the molecule is CCOC(=O)C1(C(C)=O)Sc2nc(C)c(C(C)=O)c(-c3ccc(OC)cc3)c2C1=N. The van der Waals surface area contributed by atoms with Crippen molar-refractivity contribution >= 4 is 35.0 Å². The molecule has 0 aliphatic carbocycles. The van der Waals surface area contributed by atoms with Gasteiger partial charge in [0.2, 0.25) is 4.75 Å². The van der Waals surface area contributed by atoms with Crippen LogP contribution in [0.1, 0.15) is 42.4 Å². The summed E-state index contributed by atoms with van der Waals surface area (Å²) in [6, 6.07) is 7.04. The van der Waals surface area contributed by atoms with Crippen molar-refractivity contribution < 1.29 is 23.9 Å². The van der Waals surface area contributed by atoms with Crippen molar-refractivity contribution in [2.75, 3.05) is 13.7 Å². The Morgan fingerprint density at radius 1 is 1.13 bits per heavy atom. The van der Waals surface area contributed by atoms with Gasteiger partial charge >= 0.3 is 5.97 Å². The van der Waals surface area contributed by atoms with Crippen LogP contribution in [0.3, 0.4) is 0 Å². The van der Waals surface area contributed by atoms with Crippen LogP contribution in [0.2, 0.25) is 0 Å². The number of Topliss-reactive ketones (excluding diaryl/α,β-unsaturated/α-hetero) is 2. The smallest absolute Gasteiger partial charge is 0.336 e. The van der Waals surface area contributed by atoms with Crippen molar-refractivity contribution in [3.8, 4) is 16.9 Å². The fourth-order valence-electron chi connectivity index (χ4n) is 3.60. The van der Waals surface area contributed by atoms with Crippen LogP contribution in [0, 0.1) is 12.3 Å². The molecule has 1 aliphatic rings. The van der Waals surface area contributed by atoms with Gasteiger partial charge in [-0.3, -0.25) is 9.59 Å². The number of nitrogens with zero attached hydrogens (tertiary/aromatic N) is 1. The van der Waals surface area contributed by atoms with E-state index in [1.807, 2.05) is 0 Å². The molecule has 0 bridgehead atoms. The second-order valence-corrected chi connectivity index (χ2v) is 8.05. The quantitative estimate of drug-likeness (QED) is 0.427. The Hall–Kier alpha value is -3.00. The second-order valence-electron chi connectivity index (χ2n) is 6.85. The first-order valence-electron chi connectivity index (χ1n) is 9.35. The maximum Gasteiger partial charge on any atom is 0.336 e. The van der Waals surface area contributed by atoms with Crippen LogP contribution in [0.4, 0.5) is 0 Å². The van der Waals surface area contributed by atoms with Crippen molar-refractivity contribution in [3.63, 3.8) is 0 Å². The normalized spacial score (nSPS) is 17.4. The number of carbonyl (C=O) groups is 3. The first-order chi connectivity index (χ1) is 14.2. The van der Waals surface area contributed by atoms with Gasteiger partial charge in [0.05, 0.1) is 25.1 Å². The van der Waals surface area contributed by atoms with Gasteiger partial charge in [-0.05, 0) is 45.4 Å². The van der Waals surface area contributed by atoms with Gasteiger partial charge in [-0.15, -0.1) is 0 Å². The average molecular weight is 426 g/mol. The predicted molar refractivity (Wildman–Crippen MR) is 114 cm³/mol. The molecule has 1 aromatic carbocycles. The van der Waals surface area contributed by atoms with Crippen molar-refractivity contribution in [1.82, 2.24) is 4.98 Å². The zero-order valence-corrected chi connectivity index (χ0v) is 18.2. The Balaban J connectivity index is 2.34. The summed E-state index contributed by atoms with van der Waals surface area (Å²) in [6.07, 6.45) is 0. The highest BCUT2D eigenvalue weighted by Gasteiger charge is 2.57. The Morgan fingerprint density at radius 3 is 2.27 bits per heavy atom. The molecule has 8 heteroatoms. The number of nitrogens with one attached hydrogen (secondary N) is 1. The van der Waals surface area contributed by atoms with E-state index in [0.717, 1.165) is 11.8 Å². The predicted octanol–water partition coefficient (Wildman–Crippen LogP) is 3.63. The van der Waals surface area contributed by atoms with Gasteiger partial charge in [0.15, 0.2) is 11.6 Å². The Morgan fingerprint density at radius 2 is 1.77 bits per heavy atom. The molecule has 1 atom stereocenters. The van der Waals surface area contributed by atoms with E-state index in [4.69, 9.17) is 14.9 Å². The second kappa shape index (κ2) is 8.02. The van der Waals surface area contributed by atoms with E-state index in [9.17, 15) is 14.4 Å². The average Bonchev–Trinajstić information content (AvgIpc) is 3.00. The van der Waals surface area contributed by atoms with Crippen molar-refractivity contribution in [2.45, 2.75) is 37.5 Å². The Kier molecular flexibility index (Phi) is 5.81. The molecule has 1 aliphatic heterocycles. The molecule has 30 heavy (non-hydrogen) atoms. The maximum atomic E-state index is 12.8. The zero-order chi connectivity index (χ0) is 22.2. The topological polar surface area (TPSA) is 106 Å². The van der Waals surface area contributed by atoms with Crippen LogP contribution >= 0.6 is 11.8 Å². The van der Waals surface area contributed by atoms with Crippen LogP contribution in [0.5, 0.6) is 5.75 Å². The number of thioether (sulfide) groups is 1. The number of aryl methyl sites for hydroxylation is 1. The number of ether oxygens (including phenoxy) is 2. The lowest BCUT2D eigenvalue weighted by molar-refractivity contribution is -0.146. The van der Waals surface area contributed by atoms with E-state index < -0.39 is 16.5 Å². The number of methoxy groups -OCH3 is 1. The zero-order valence-electron chi connectivity index (χ0n) is 17.4. The van der Waals surface area contributed by atoms with Crippen LogP contribution in [-0.4, -0.2) is 46.7 Å². The van der Waals surface area contributed by atoms with Crippen LogP contribution in [-0.2, 0) is 14.3 Å². The summed E-state index contributed by atoms with van der Waals surface area (Å²) in [5.41, 5.74) is 2.07. The van der Waals surface area contributed by atoms with Crippen molar-refractivity contribution in [1.29, 1.82) is 5.41 Å². The van der Waals surface area contributed by atoms with Gasteiger partial charge in [0.1, 0.15) is 10.8 Å². The van der Waals surface area contributed by atoms with Crippen molar-refractivity contribution in [3.05, 3.63) is 41.1 Å². The van der Waals surface area contributed by atoms with E-state index in [0.29, 0.717) is 38.7 Å². The summed E-state index contributed by atoms with van der Waals surface area (Å²) in [7, 11) is 1.55. The molecule has 1 N–H and O–H groups in total. The minimum atomic E-state index is -1.84. The largest absolute Gasteiger partial charge is 0.497 e. The van der Waals surface area contributed by atoms with E-state index in [2.05, 4.69) is 4.98 Å². The molecule has 3 rings (SSSR count). The first-order valence-corrected chi connectivity index (χ1v) is 10.2. The molecule has 1 unspecified atom stereocenters. The number of carbonyl (C=O) groups excluding carboxylic acids is 3. The molecule has 0 spiro atoms. The minimum Gasteiger partial charge on any atom is -0.497 e. The Labute approximate surface area is 178 Å². The molecule has 156 valence electrons. The molecule has 7 nitrogen and oxygen atoms in total. The highest BCUT2D eigenvalue weighted by Crippen LogP contribution is 2.50. The summed E-state index contributed by atoms with van der Waals surface area (Å²) in [6.45, 7) is 6.11. The standard InChI is InChI=1S/C22H22N2O5S/c1-6-29-21(27)22(13(4)26)19(23)18-17(14-7-9-15(28-5)10-8-14)16(12(3)25)11(2)24-20(18)30-22/h7-10,23H,6H2,1-5H3. The highest BCUT2D eigenvalue weighted by molar-refractivity contribution is 8.03. The molecule has 0 fully saturated rings. The summed E-state index contributed by atoms with van der Waals surface area (Å²) >= 11 is 0.903.